The van der Waals surface area contributed by atoms with Crippen LogP contribution in [0.2, 0.25) is 0 Å². The zero-order valence-corrected chi connectivity index (χ0v) is 12.5. The number of primary amides is 1. The normalized spacial score (nSPS) is 13.2. The van der Waals surface area contributed by atoms with Crippen molar-refractivity contribution in [2.75, 3.05) is 0 Å². The average molecular weight is 300 g/mol. The van der Waals surface area contributed by atoms with Gasteiger partial charge >= 0.3 is 0 Å². The number of benzene rings is 3. The van der Waals surface area contributed by atoms with Crippen molar-refractivity contribution >= 4 is 16.7 Å². The molecular weight excluding hydrogens is 284 g/mol. The van der Waals surface area contributed by atoms with Gasteiger partial charge in [-0.1, -0.05) is 72.8 Å². The van der Waals surface area contributed by atoms with E-state index in [2.05, 4.69) is 6.07 Å². The third kappa shape index (κ3) is 2.79. The first-order chi connectivity index (χ1) is 11.2. The molecule has 0 aliphatic heterocycles. The van der Waals surface area contributed by atoms with Crippen LogP contribution in [0.1, 0.15) is 17.0 Å². The fourth-order valence-corrected chi connectivity index (χ4v) is 3.04. The summed E-state index contributed by atoms with van der Waals surface area (Å²) < 4.78 is 0. The Labute approximate surface area is 135 Å². The number of carbonyl (C=O) groups excluding carboxylic acids is 1. The Hall–Kier alpha value is -3.12. The lowest BCUT2D eigenvalue weighted by molar-refractivity contribution is -0.120. The van der Waals surface area contributed by atoms with Crippen LogP contribution in [0.25, 0.3) is 10.8 Å². The van der Waals surface area contributed by atoms with Crippen LogP contribution in [-0.2, 0) is 4.79 Å². The molecule has 0 radical (unpaired) electrons. The summed E-state index contributed by atoms with van der Waals surface area (Å²) in [6.45, 7) is 0. The second-order valence-corrected chi connectivity index (χ2v) is 5.47. The van der Waals surface area contributed by atoms with Gasteiger partial charge in [0, 0.05) is 5.92 Å². The van der Waals surface area contributed by atoms with Crippen LogP contribution in [0, 0.1) is 17.2 Å². The highest BCUT2D eigenvalue weighted by atomic mass is 16.1. The van der Waals surface area contributed by atoms with Gasteiger partial charge in [0.2, 0.25) is 5.91 Å². The van der Waals surface area contributed by atoms with Gasteiger partial charge in [-0.15, -0.1) is 0 Å². The monoisotopic (exact) mass is 300 g/mol. The molecule has 0 saturated heterocycles. The Balaban J connectivity index is 2.27. The van der Waals surface area contributed by atoms with E-state index in [0.717, 1.165) is 21.9 Å². The molecule has 0 heterocycles. The van der Waals surface area contributed by atoms with Crippen molar-refractivity contribution in [2.24, 2.45) is 11.7 Å². The number of nitrogens with zero attached hydrogens (tertiary/aromatic N) is 1. The second-order valence-electron chi connectivity index (χ2n) is 5.47. The molecule has 23 heavy (non-hydrogen) atoms. The molecule has 0 aromatic heterocycles. The van der Waals surface area contributed by atoms with E-state index < -0.39 is 11.8 Å². The van der Waals surface area contributed by atoms with E-state index in [0.29, 0.717) is 0 Å². The highest BCUT2D eigenvalue weighted by Crippen LogP contribution is 2.36. The van der Waals surface area contributed by atoms with Gasteiger partial charge in [0.25, 0.3) is 0 Å². The van der Waals surface area contributed by atoms with Crippen molar-refractivity contribution in [3.05, 3.63) is 83.9 Å². The molecule has 2 N–H and O–H groups in total. The Morgan fingerprint density at radius 2 is 1.57 bits per heavy atom. The zero-order chi connectivity index (χ0) is 16.2. The fraction of sp³-hybridized carbons (Fsp3) is 0.100. The number of carbonyl (C=O) groups is 1. The predicted octanol–water partition coefficient (Wildman–Crippen LogP) is 3.60. The van der Waals surface area contributed by atoms with Crippen molar-refractivity contribution in [3.63, 3.8) is 0 Å². The predicted molar refractivity (Wildman–Crippen MR) is 90.5 cm³/mol. The summed E-state index contributed by atoms with van der Waals surface area (Å²) in [5.41, 5.74) is 7.36. The Kier molecular flexibility index (Phi) is 4.07. The molecule has 2 unspecified atom stereocenters. The molecule has 3 nitrogen and oxygen atoms in total. The Morgan fingerprint density at radius 3 is 2.26 bits per heavy atom. The smallest absolute Gasteiger partial charge is 0.235 e. The van der Waals surface area contributed by atoms with Gasteiger partial charge in [0.15, 0.2) is 0 Å². The van der Waals surface area contributed by atoms with E-state index in [1.54, 1.807) is 0 Å². The van der Waals surface area contributed by atoms with Gasteiger partial charge in [0.05, 0.1) is 6.07 Å². The summed E-state index contributed by atoms with van der Waals surface area (Å²) in [4.78, 5) is 11.9. The zero-order valence-electron chi connectivity index (χ0n) is 12.5. The molecular formula is C20H16N2O. The number of rotatable bonds is 4. The van der Waals surface area contributed by atoms with E-state index >= 15 is 0 Å². The van der Waals surface area contributed by atoms with Gasteiger partial charge in [-0.05, 0) is 21.9 Å². The van der Waals surface area contributed by atoms with Crippen molar-refractivity contribution in [1.82, 2.24) is 0 Å². The van der Waals surface area contributed by atoms with E-state index in [-0.39, 0.29) is 5.92 Å². The van der Waals surface area contributed by atoms with Crippen LogP contribution in [0.15, 0.2) is 72.8 Å². The van der Waals surface area contributed by atoms with E-state index in [9.17, 15) is 10.1 Å². The first kappa shape index (κ1) is 14.8. The number of fused-ring (bicyclic) bond motifs is 1. The third-order valence-electron chi connectivity index (χ3n) is 4.10. The third-order valence-corrected chi connectivity index (χ3v) is 4.10. The molecule has 0 spiro atoms. The lowest BCUT2D eigenvalue weighted by Gasteiger charge is -2.22. The standard InChI is InChI=1S/C20H16N2O/c21-13-18(20(22)23)19(15-8-2-1-3-9-15)17-12-6-10-14-7-4-5-11-16(14)17/h1-12,18-19H,(H2,22,23). The first-order valence-corrected chi connectivity index (χ1v) is 7.44. The number of nitriles is 1. The summed E-state index contributed by atoms with van der Waals surface area (Å²) >= 11 is 0. The number of amides is 1. The van der Waals surface area contributed by atoms with Crippen molar-refractivity contribution in [3.8, 4) is 6.07 Å². The average Bonchev–Trinajstić information content (AvgIpc) is 2.59. The highest BCUT2D eigenvalue weighted by Gasteiger charge is 2.30. The summed E-state index contributed by atoms with van der Waals surface area (Å²) in [6, 6.07) is 25.6. The fourth-order valence-electron chi connectivity index (χ4n) is 3.04. The largest absolute Gasteiger partial charge is 0.369 e. The second kappa shape index (κ2) is 6.33. The molecule has 2 atom stereocenters. The molecule has 0 aliphatic carbocycles. The quantitative estimate of drug-likeness (QED) is 0.800. The number of hydrogen-bond acceptors (Lipinski definition) is 2. The topological polar surface area (TPSA) is 66.9 Å². The lowest BCUT2D eigenvalue weighted by atomic mass is 9.79. The summed E-state index contributed by atoms with van der Waals surface area (Å²) in [5, 5.41) is 11.6. The molecule has 112 valence electrons. The molecule has 3 heteroatoms. The maximum atomic E-state index is 11.9. The van der Waals surface area contributed by atoms with Crippen molar-refractivity contribution in [1.29, 1.82) is 5.26 Å². The molecule has 1 amide bonds. The van der Waals surface area contributed by atoms with Crippen LogP contribution in [-0.4, -0.2) is 5.91 Å². The van der Waals surface area contributed by atoms with E-state index in [4.69, 9.17) is 5.73 Å². The minimum absolute atomic E-state index is 0.384. The highest BCUT2D eigenvalue weighted by molar-refractivity contribution is 5.88. The molecule has 3 rings (SSSR count). The van der Waals surface area contributed by atoms with Crippen LogP contribution in [0.4, 0.5) is 0 Å². The summed E-state index contributed by atoms with van der Waals surface area (Å²) in [6.07, 6.45) is 0. The Morgan fingerprint density at radius 1 is 0.913 bits per heavy atom. The molecule has 0 aliphatic rings. The molecule has 0 bridgehead atoms. The van der Waals surface area contributed by atoms with Gasteiger partial charge in [-0.25, -0.2) is 0 Å². The van der Waals surface area contributed by atoms with E-state index in [1.165, 1.54) is 0 Å². The van der Waals surface area contributed by atoms with Gasteiger partial charge in [0.1, 0.15) is 5.92 Å². The Bertz CT molecular complexity index is 876. The lowest BCUT2D eigenvalue weighted by Crippen LogP contribution is -2.28. The van der Waals surface area contributed by atoms with Crippen LogP contribution >= 0.6 is 0 Å². The van der Waals surface area contributed by atoms with Gasteiger partial charge in [-0.2, -0.15) is 5.26 Å². The van der Waals surface area contributed by atoms with Crippen molar-refractivity contribution < 1.29 is 4.79 Å². The van der Waals surface area contributed by atoms with Crippen molar-refractivity contribution in [2.45, 2.75) is 5.92 Å². The maximum absolute atomic E-state index is 11.9. The molecule has 0 saturated carbocycles. The minimum atomic E-state index is -0.914. The first-order valence-electron chi connectivity index (χ1n) is 7.44. The molecule has 3 aromatic rings. The minimum Gasteiger partial charge on any atom is -0.369 e. The van der Waals surface area contributed by atoms with Crippen LogP contribution in [0.5, 0.6) is 0 Å². The number of hydrogen-bond donors (Lipinski definition) is 1. The SMILES string of the molecule is N#CC(C(N)=O)C(c1ccccc1)c1cccc2ccccc12. The van der Waals surface area contributed by atoms with E-state index in [1.807, 2.05) is 72.8 Å². The summed E-state index contributed by atoms with van der Waals surface area (Å²) in [7, 11) is 0. The number of nitrogens with two attached hydrogens (primary N) is 1. The molecule has 3 aromatic carbocycles. The van der Waals surface area contributed by atoms with Crippen LogP contribution in [0.3, 0.4) is 0 Å². The summed E-state index contributed by atoms with van der Waals surface area (Å²) in [5.74, 6) is -1.90. The van der Waals surface area contributed by atoms with Crippen LogP contribution < -0.4 is 5.73 Å². The molecule has 0 fully saturated rings. The maximum Gasteiger partial charge on any atom is 0.235 e. The van der Waals surface area contributed by atoms with Gasteiger partial charge in [-0.3, -0.25) is 4.79 Å². The van der Waals surface area contributed by atoms with Gasteiger partial charge < -0.3 is 5.73 Å².